The number of likely N-dealkylation sites (tertiary alicyclic amines) is 1. The lowest BCUT2D eigenvalue weighted by Crippen LogP contribution is -2.64. The van der Waals surface area contributed by atoms with Gasteiger partial charge in [-0.3, -0.25) is 9.48 Å². The predicted octanol–water partition coefficient (Wildman–Crippen LogP) is 3.00. The molecule has 1 aromatic heterocycles. The van der Waals surface area contributed by atoms with Gasteiger partial charge in [-0.25, -0.2) is 4.79 Å². The van der Waals surface area contributed by atoms with Crippen LogP contribution in [-0.4, -0.2) is 46.9 Å². The van der Waals surface area contributed by atoms with Crippen LogP contribution in [-0.2, 0) is 16.9 Å². The molecule has 1 aliphatic rings. The van der Waals surface area contributed by atoms with Crippen LogP contribution in [0, 0.1) is 11.3 Å². The van der Waals surface area contributed by atoms with E-state index in [0.29, 0.717) is 5.75 Å². The van der Waals surface area contributed by atoms with Crippen molar-refractivity contribution in [1.29, 1.82) is 5.26 Å². The molecular weight excluding hydrogens is 436 g/mol. The predicted molar refractivity (Wildman–Crippen MR) is 123 cm³/mol. The Hall–Kier alpha value is -4.52. The highest BCUT2D eigenvalue weighted by atomic mass is 16.6. The molecule has 0 spiro atoms. The fourth-order valence-electron chi connectivity index (χ4n) is 3.88. The van der Waals surface area contributed by atoms with E-state index in [4.69, 9.17) is 15.2 Å². The maximum Gasteiger partial charge on any atom is 0.410 e. The summed E-state index contributed by atoms with van der Waals surface area (Å²) in [7, 11) is 1.55. The van der Waals surface area contributed by atoms with Gasteiger partial charge in [-0.1, -0.05) is 36.4 Å². The molecule has 174 valence electrons. The zero-order valence-electron chi connectivity index (χ0n) is 18.6. The average molecular weight is 460 g/mol. The van der Waals surface area contributed by atoms with Crippen LogP contribution >= 0.6 is 0 Å². The van der Waals surface area contributed by atoms with Gasteiger partial charge >= 0.3 is 6.09 Å². The first-order valence-electron chi connectivity index (χ1n) is 10.6. The van der Waals surface area contributed by atoms with Crippen LogP contribution in [0.1, 0.15) is 22.3 Å². The van der Waals surface area contributed by atoms with Gasteiger partial charge < -0.3 is 25.4 Å². The molecular formula is C24H24N6O4. The highest BCUT2D eigenvalue weighted by Gasteiger charge is 2.48. The fourth-order valence-corrected chi connectivity index (χ4v) is 3.88. The lowest BCUT2D eigenvalue weighted by atomic mass is 9.87. The number of hydrogen-bond acceptors (Lipinski definition) is 7. The molecule has 0 aliphatic carbocycles. The SMILES string of the molecule is COc1ccccc1COC(=O)N1CC(CC#N)(n2cc(C(N)=O)c(Nc3ccccc3)n2)C1. The molecule has 2 aromatic carbocycles. The van der Waals surface area contributed by atoms with E-state index in [1.54, 1.807) is 17.9 Å². The number of ether oxygens (including phenoxy) is 2. The van der Waals surface area contributed by atoms with E-state index in [9.17, 15) is 14.9 Å². The van der Waals surface area contributed by atoms with Crippen LogP contribution in [0.25, 0.3) is 0 Å². The lowest BCUT2D eigenvalue weighted by molar-refractivity contribution is -0.00261. The largest absolute Gasteiger partial charge is 0.496 e. The van der Waals surface area contributed by atoms with Crippen LogP contribution < -0.4 is 15.8 Å². The fraction of sp³-hybridized carbons (Fsp3) is 0.250. The molecule has 0 saturated carbocycles. The Morgan fingerprint density at radius 1 is 1.18 bits per heavy atom. The van der Waals surface area contributed by atoms with Crippen molar-refractivity contribution < 1.29 is 19.1 Å². The van der Waals surface area contributed by atoms with Gasteiger partial charge in [0.15, 0.2) is 5.82 Å². The summed E-state index contributed by atoms with van der Waals surface area (Å²) in [5.74, 6) is 0.268. The summed E-state index contributed by atoms with van der Waals surface area (Å²) in [6.45, 7) is 0.468. The minimum atomic E-state index is -0.793. The number of nitrogens with one attached hydrogen (secondary N) is 1. The topological polar surface area (TPSA) is 136 Å². The molecule has 0 bridgehead atoms. The van der Waals surface area contributed by atoms with Gasteiger partial charge in [0.1, 0.15) is 23.5 Å². The molecule has 4 rings (SSSR count). The first kappa shape index (κ1) is 22.7. The number of hydrogen-bond donors (Lipinski definition) is 2. The van der Waals surface area contributed by atoms with Crippen molar-refractivity contribution in [3.63, 3.8) is 0 Å². The molecule has 2 heterocycles. The van der Waals surface area contributed by atoms with E-state index in [0.717, 1.165) is 11.3 Å². The molecule has 0 atom stereocenters. The molecule has 2 amide bonds. The maximum absolute atomic E-state index is 12.6. The number of benzene rings is 2. The molecule has 0 radical (unpaired) electrons. The van der Waals surface area contributed by atoms with Gasteiger partial charge in [-0.2, -0.15) is 10.4 Å². The molecule has 1 saturated heterocycles. The number of methoxy groups -OCH3 is 1. The number of rotatable bonds is 8. The van der Waals surface area contributed by atoms with E-state index in [2.05, 4.69) is 16.5 Å². The Morgan fingerprint density at radius 3 is 2.56 bits per heavy atom. The summed E-state index contributed by atoms with van der Waals surface area (Å²) in [5, 5.41) is 17.0. The minimum Gasteiger partial charge on any atom is -0.496 e. The van der Waals surface area contributed by atoms with Gasteiger partial charge in [0, 0.05) is 17.4 Å². The Bertz CT molecular complexity index is 1230. The molecule has 34 heavy (non-hydrogen) atoms. The second-order valence-corrected chi connectivity index (χ2v) is 7.97. The number of primary amides is 1. The van der Waals surface area contributed by atoms with Crippen LogP contribution in [0.2, 0.25) is 0 Å². The zero-order valence-corrected chi connectivity index (χ0v) is 18.6. The quantitative estimate of drug-likeness (QED) is 0.527. The van der Waals surface area contributed by atoms with Crippen molar-refractivity contribution in [1.82, 2.24) is 14.7 Å². The zero-order chi connectivity index (χ0) is 24.1. The Labute approximate surface area is 196 Å². The molecule has 10 nitrogen and oxygen atoms in total. The van der Waals surface area contributed by atoms with Crippen LogP contribution in [0.15, 0.2) is 60.8 Å². The third-order valence-electron chi connectivity index (χ3n) is 5.68. The number of anilines is 2. The van der Waals surface area contributed by atoms with E-state index >= 15 is 0 Å². The van der Waals surface area contributed by atoms with Gasteiger partial charge in [0.05, 0.1) is 32.7 Å². The van der Waals surface area contributed by atoms with Gasteiger partial charge in [0.25, 0.3) is 5.91 Å². The second kappa shape index (κ2) is 9.54. The third kappa shape index (κ3) is 4.49. The number of para-hydroxylation sites is 2. The van der Waals surface area contributed by atoms with Gasteiger partial charge in [0.2, 0.25) is 0 Å². The number of nitrogens with zero attached hydrogens (tertiary/aromatic N) is 4. The molecule has 0 unspecified atom stereocenters. The smallest absolute Gasteiger partial charge is 0.410 e. The first-order chi connectivity index (χ1) is 16.5. The van der Waals surface area contributed by atoms with E-state index in [1.807, 2.05) is 48.5 Å². The van der Waals surface area contributed by atoms with E-state index in [1.165, 1.54) is 11.1 Å². The number of nitrogens with two attached hydrogens (primary N) is 1. The first-order valence-corrected chi connectivity index (χ1v) is 10.6. The number of carbonyl (C=O) groups is 2. The van der Waals surface area contributed by atoms with Crippen LogP contribution in [0.3, 0.4) is 0 Å². The van der Waals surface area contributed by atoms with Crippen molar-refractivity contribution in [2.75, 3.05) is 25.5 Å². The van der Waals surface area contributed by atoms with Crippen LogP contribution in [0.5, 0.6) is 5.75 Å². The van der Waals surface area contributed by atoms with Crippen molar-refractivity contribution in [2.24, 2.45) is 5.73 Å². The second-order valence-electron chi connectivity index (χ2n) is 7.97. The van der Waals surface area contributed by atoms with Crippen molar-refractivity contribution in [3.8, 4) is 11.8 Å². The highest BCUT2D eigenvalue weighted by Crippen LogP contribution is 2.34. The number of nitriles is 1. The van der Waals surface area contributed by atoms with Crippen molar-refractivity contribution in [3.05, 3.63) is 71.9 Å². The molecule has 1 fully saturated rings. The Morgan fingerprint density at radius 2 is 1.88 bits per heavy atom. The van der Waals surface area contributed by atoms with Crippen molar-refractivity contribution in [2.45, 2.75) is 18.6 Å². The minimum absolute atomic E-state index is 0.0589. The normalized spacial score (nSPS) is 13.9. The molecule has 1 aliphatic heterocycles. The van der Waals surface area contributed by atoms with Crippen LogP contribution in [0.4, 0.5) is 16.3 Å². The summed E-state index contributed by atoms with van der Waals surface area (Å²) in [4.78, 5) is 26.1. The standard InChI is InChI=1S/C24H24N6O4/c1-33-20-10-6-5-7-17(20)14-34-23(32)29-15-24(16-29,11-12-25)30-13-19(21(26)31)22(28-30)27-18-8-3-2-4-9-18/h2-10,13H,11,14-16H2,1H3,(H2,26,31)(H,27,28). The van der Waals surface area contributed by atoms with Gasteiger partial charge in [-0.15, -0.1) is 0 Å². The number of amides is 2. The third-order valence-corrected chi connectivity index (χ3v) is 5.68. The Balaban J connectivity index is 1.48. The molecule has 3 aromatic rings. The van der Waals surface area contributed by atoms with E-state index < -0.39 is 17.5 Å². The summed E-state index contributed by atoms with van der Waals surface area (Å²) in [6.07, 6.45) is 1.10. The molecule has 3 N–H and O–H groups in total. The summed E-state index contributed by atoms with van der Waals surface area (Å²) >= 11 is 0. The number of carbonyl (C=O) groups excluding carboxylic acids is 2. The number of aromatic nitrogens is 2. The van der Waals surface area contributed by atoms with E-state index in [-0.39, 0.29) is 37.5 Å². The summed E-state index contributed by atoms with van der Waals surface area (Å²) in [5.41, 5.74) is 6.44. The summed E-state index contributed by atoms with van der Waals surface area (Å²) in [6, 6.07) is 18.7. The maximum atomic E-state index is 12.6. The highest BCUT2D eigenvalue weighted by molar-refractivity contribution is 5.98. The lowest BCUT2D eigenvalue weighted by Gasteiger charge is -2.48. The average Bonchev–Trinajstić information content (AvgIpc) is 3.24. The summed E-state index contributed by atoms with van der Waals surface area (Å²) < 4.78 is 12.3. The monoisotopic (exact) mass is 460 g/mol. The van der Waals surface area contributed by atoms with Gasteiger partial charge in [-0.05, 0) is 18.2 Å². The molecule has 10 heteroatoms. The van der Waals surface area contributed by atoms with Crippen molar-refractivity contribution >= 4 is 23.5 Å². The Kier molecular flexibility index (Phi) is 6.36.